The summed E-state index contributed by atoms with van der Waals surface area (Å²) in [6, 6.07) is 16.0. The molecule has 2 aliphatic rings. The quantitative estimate of drug-likeness (QED) is 0.474. The topological polar surface area (TPSA) is 84.7 Å². The lowest BCUT2D eigenvalue weighted by molar-refractivity contribution is 0.0952. The van der Waals surface area contributed by atoms with Gasteiger partial charge in [0.15, 0.2) is 5.65 Å². The van der Waals surface area contributed by atoms with Crippen molar-refractivity contribution < 1.29 is 4.79 Å². The van der Waals surface area contributed by atoms with Crippen LogP contribution in [-0.4, -0.2) is 32.2 Å². The van der Waals surface area contributed by atoms with Crippen molar-refractivity contribution in [3.8, 4) is 5.69 Å². The van der Waals surface area contributed by atoms with Gasteiger partial charge in [0, 0.05) is 30.6 Å². The van der Waals surface area contributed by atoms with E-state index in [2.05, 4.69) is 15.6 Å². The van der Waals surface area contributed by atoms with Crippen LogP contribution in [-0.2, 0) is 6.54 Å². The van der Waals surface area contributed by atoms with Gasteiger partial charge in [0.1, 0.15) is 0 Å². The zero-order valence-corrected chi connectivity index (χ0v) is 18.4. The van der Waals surface area contributed by atoms with E-state index in [9.17, 15) is 4.79 Å². The second-order valence-electron chi connectivity index (χ2n) is 8.89. The van der Waals surface area contributed by atoms with Crippen LogP contribution in [0.1, 0.15) is 65.0 Å². The molecule has 6 rings (SSSR count). The molecule has 1 saturated heterocycles. The Bertz CT molecular complexity index is 1290. The van der Waals surface area contributed by atoms with Gasteiger partial charge in [0.05, 0.1) is 28.4 Å². The summed E-state index contributed by atoms with van der Waals surface area (Å²) in [5, 5.41) is 12.6. The molecule has 1 aliphatic heterocycles. The first kappa shape index (κ1) is 20.1. The van der Waals surface area contributed by atoms with E-state index in [1.54, 1.807) is 12.4 Å². The van der Waals surface area contributed by atoms with Crippen molar-refractivity contribution in [1.29, 1.82) is 0 Å². The number of hydrogen-bond acceptors (Lipinski definition) is 5. The molecule has 1 atom stereocenters. The fraction of sp³-hybridized carbons (Fsp3) is 0.308. The lowest BCUT2D eigenvalue weighted by Gasteiger charge is -2.12. The largest absolute Gasteiger partial charge is 0.348 e. The second-order valence-corrected chi connectivity index (χ2v) is 8.89. The molecular weight excluding hydrogens is 412 g/mol. The average molecular weight is 439 g/mol. The summed E-state index contributed by atoms with van der Waals surface area (Å²) in [4.78, 5) is 22.6. The molecular formula is C26H26N6O. The molecule has 0 radical (unpaired) electrons. The molecule has 33 heavy (non-hydrogen) atoms. The number of aromatic nitrogens is 4. The normalized spacial score (nSPS) is 18.0. The van der Waals surface area contributed by atoms with Crippen LogP contribution in [0.2, 0.25) is 0 Å². The van der Waals surface area contributed by atoms with E-state index in [0.717, 1.165) is 65.9 Å². The number of amides is 1. The zero-order valence-electron chi connectivity index (χ0n) is 18.4. The molecule has 2 N–H and O–H groups in total. The van der Waals surface area contributed by atoms with Crippen LogP contribution in [0, 0.1) is 0 Å². The highest BCUT2D eigenvalue weighted by Gasteiger charge is 2.31. The van der Waals surface area contributed by atoms with Crippen molar-refractivity contribution in [2.24, 2.45) is 0 Å². The lowest BCUT2D eigenvalue weighted by atomic mass is 10.0. The van der Waals surface area contributed by atoms with E-state index in [-0.39, 0.29) is 11.9 Å². The number of carbonyl (C=O) groups is 1. The third kappa shape index (κ3) is 3.89. The smallest absolute Gasteiger partial charge is 0.252 e. The maximum Gasteiger partial charge on any atom is 0.252 e. The molecule has 1 aliphatic carbocycles. The van der Waals surface area contributed by atoms with Gasteiger partial charge in [-0.3, -0.25) is 9.78 Å². The Kier molecular flexibility index (Phi) is 5.11. The molecule has 1 aromatic carbocycles. The minimum absolute atomic E-state index is 0.0898. The lowest BCUT2D eigenvalue weighted by Crippen LogP contribution is -2.24. The highest BCUT2D eigenvalue weighted by molar-refractivity contribution is 6.07. The van der Waals surface area contributed by atoms with Gasteiger partial charge in [-0.1, -0.05) is 18.2 Å². The molecule has 1 unspecified atom stereocenters. The third-order valence-corrected chi connectivity index (χ3v) is 6.52. The van der Waals surface area contributed by atoms with E-state index < -0.39 is 0 Å². The van der Waals surface area contributed by atoms with Crippen molar-refractivity contribution >= 4 is 16.9 Å². The number of hydrogen-bond donors (Lipinski definition) is 2. The Morgan fingerprint density at radius 1 is 1.09 bits per heavy atom. The van der Waals surface area contributed by atoms with Gasteiger partial charge in [-0.05, 0) is 68.1 Å². The second kappa shape index (κ2) is 8.41. The summed E-state index contributed by atoms with van der Waals surface area (Å²) in [6.07, 6.45) is 7.82. The number of rotatable bonds is 6. The predicted molar refractivity (Wildman–Crippen MR) is 126 cm³/mol. The van der Waals surface area contributed by atoms with Crippen molar-refractivity contribution in [2.75, 3.05) is 6.54 Å². The maximum absolute atomic E-state index is 13.5. The molecule has 2 fully saturated rings. The van der Waals surface area contributed by atoms with Gasteiger partial charge in [-0.25, -0.2) is 9.67 Å². The minimum atomic E-state index is -0.0898. The number of para-hydroxylation sites is 1. The van der Waals surface area contributed by atoms with E-state index in [1.807, 2.05) is 53.2 Å². The molecule has 3 aromatic heterocycles. The average Bonchev–Trinajstić information content (AvgIpc) is 3.44. The van der Waals surface area contributed by atoms with Crippen molar-refractivity contribution in [2.45, 2.75) is 44.2 Å². The van der Waals surface area contributed by atoms with E-state index in [4.69, 9.17) is 10.1 Å². The van der Waals surface area contributed by atoms with Crippen LogP contribution >= 0.6 is 0 Å². The zero-order chi connectivity index (χ0) is 22.2. The Labute approximate surface area is 192 Å². The molecule has 4 aromatic rings. The number of nitrogens with zero attached hydrogens (tertiary/aromatic N) is 4. The number of benzene rings is 1. The van der Waals surface area contributed by atoms with Crippen LogP contribution in [0.15, 0.2) is 60.9 Å². The number of pyridine rings is 2. The van der Waals surface area contributed by atoms with E-state index in [1.165, 1.54) is 0 Å². The Morgan fingerprint density at radius 3 is 2.64 bits per heavy atom. The van der Waals surface area contributed by atoms with Crippen molar-refractivity contribution in [3.05, 3.63) is 83.4 Å². The SMILES string of the molecule is O=C(NCc1ccncc1)c1cc(C2CC2)nc2c1c(C1CCCN1)nn2-c1ccccc1. The van der Waals surface area contributed by atoms with Crippen LogP contribution in [0.25, 0.3) is 16.7 Å². The van der Waals surface area contributed by atoms with Crippen LogP contribution < -0.4 is 10.6 Å². The number of nitrogens with one attached hydrogen (secondary N) is 2. The molecule has 166 valence electrons. The Morgan fingerprint density at radius 2 is 1.91 bits per heavy atom. The fourth-order valence-corrected chi connectivity index (χ4v) is 4.62. The van der Waals surface area contributed by atoms with Gasteiger partial charge in [-0.2, -0.15) is 5.10 Å². The number of fused-ring (bicyclic) bond motifs is 1. The Hall–Kier alpha value is -3.58. The molecule has 1 saturated carbocycles. The highest BCUT2D eigenvalue weighted by atomic mass is 16.1. The summed E-state index contributed by atoms with van der Waals surface area (Å²) >= 11 is 0. The summed E-state index contributed by atoms with van der Waals surface area (Å²) < 4.78 is 1.91. The molecule has 1 amide bonds. The van der Waals surface area contributed by atoms with Crippen LogP contribution in [0.4, 0.5) is 0 Å². The molecule has 0 bridgehead atoms. The third-order valence-electron chi connectivity index (χ3n) is 6.52. The van der Waals surface area contributed by atoms with Gasteiger partial charge >= 0.3 is 0 Å². The molecule has 7 heteroatoms. The van der Waals surface area contributed by atoms with Gasteiger partial charge in [-0.15, -0.1) is 0 Å². The molecule has 0 spiro atoms. The minimum Gasteiger partial charge on any atom is -0.348 e. The fourth-order valence-electron chi connectivity index (χ4n) is 4.62. The summed E-state index contributed by atoms with van der Waals surface area (Å²) in [5.74, 6) is 0.335. The monoisotopic (exact) mass is 438 g/mol. The van der Waals surface area contributed by atoms with Gasteiger partial charge < -0.3 is 10.6 Å². The maximum atomic E-state index is 13.5. The van der Waals surface area contributed by atoms with E-state index >= 15 is 0 Å². The van der Waals surface area contributed by atoms with Crippen LogP contribution in [0.5, 0.6) is 0 Å². The molecule has 4 heterocycles. The highest BCUT2D eigenvalue weighted by Crippen LogP contribution is 2.41. The Balaban J connectivity index is 1.49. The summed E-state index contributed by atoms with van der Waals surface area (Å²) in [5.41, 5.74) is 5.30. The molecule has 7 nitrogen and oxygen atoms in total. The van der Waals surface area contributed by atoms with Gasteiger partial charge in [0.2, 0.25) is 0 Å². The summed E-state index contributed by atoms with van der Waals surface area (Å²) in [6.45, 7) is 1.41. The van der Waals surface area contributed by atoms with E-state index in [0.29, 0.717) is 18.0 Å². The van der Waals surface area contributed by atoms with Crippen LogP contribution in [0.3, 0.4) is 0 Å². The van der Waals surface area contributed by atoms with Crippen molar-refractivity contribution in [3.63, 3.8) is 0 Å². The standard InChI is InChI=1S/C26H26N6O/c33-26(29-16-17-10-13-27-14-11-17)20-15-22(18-8-9-18)30-25-23(20)24(21-7-4-12-28-21)31-32(25)19-5-2-1-3-6-19/h1-3,5-6,10-11,13-15,18,21,28H,4,7-9,12,16H2,(H,29,33). The summed E-state index contributed by atoms with van der Waals surface area (Å²) in [7, 11) is 0. The first-order chi connectivity index (χ1) is 16.3. The first-order valence-corrected chi connectivity index (χ1v) is 11.7. The first-order valence-electron chi connectivity index (χ1n) is 11.7. The van der Waals surface area contributed by atoms with Crippen molar-refractivity contribution in [1.82, 2.24) is 30.4 Å². The predicted octanol–water partition coefficient (Wildman–Crippen LogP) is 4.05. The van der Waals surface area contributed by atoms with Gasteiger partial charge in [0.25, 0.3) is 5.91 Å². The number of carbonyl (C=O) groups excluding carboxylic acids is 1.